The summed E-state index contributed by atoms with van der Waals surface area (Å²) in [6.07, 6.45) is -4.92. The van der Waals surface area contributed by atoms with Crippen molar-refractivity contribution in [1.82, 2.24) is 9.80 Å². The molecule has 1 fully saturated rings. The van der Waals surface area contributed by atoms with Gasteiger partial charge in [-0.05, 0) is 6.92 Å². The molecule has 110 valence electrons. The molecule has 1 rings (SSSR count). The van der Waals surface area contributed by atoms with Gasteiger partial charge >= 0.3 is 18.2 Å². The summed E-state index contributed by atoms with van der Waals surface area (Å²) in [6, 6.07) is -0.935. The van der Waals surface area contributed by atoms with Crippen molar-refractivity contribution < 1.29 is 32.6 Å². The topological polar surface area (TPSA) is 70.1 Å². The monoisotopic (exact) mass is 284 g/mol. The lowest BCUT2D eigenvalue weighted by Gasteiger charge is -2.35. The smallest absolute Gasteiger partial charge is 0.406 e. The largest absolute Gasteiger partial charge is 0.480 e. The molecular formula is C10H15F3N2O4. The molecule has 0 aromatic carbocycles. The van der Waals surface area contributed by atoms with Crippen LogP contribution in [0, 0.1) is 0 Å². The number of carbonyl (C=O) groups excluding carboxylic acids is 1. The number of alkyl halides is 3. The number of urea groups is 1. The molecule has 19 heavy (non-hydrogen) atoms. The molecule has 0 aromatic heterocycles. The van der Waals surface area contributed by atoms with Crippen LogP contribution >= 0.6 is 0 Å². The van der Waals surface area contributed by atoms with Crippen LogP contribution in [0.3, 0.4) is 0 Å². The second-order valence-electron chi connectivity index (χ2n) is 4.27. The quantitative estimate of drug-likeness (QED) is 0.831. The first-order valence-electron chi connectivity index (χ1n) is 5.63. The lowest BCUT2D eigenvalue weighted by molar-refractivity contribution is -0.150. The minimum atomic E-state index is -4.64. The third-order valence-electron chi connectivity index (χ3n) is 2.48. The Morgan fingerprint density at radius 1 is 1.47 bits per heavy atom. The summed E-state index contributed by atoms with van der Waals surface area (Å²) in [5.74, 6) is -1.49. The molecule has 9 heteroatoms. The molecule has 1 heterocycles. The second-order valence-corrected chi connectivity index (χ2v) is 4.27. The number of halogens is 3. The van der Waals surface area contributed by atoms with Crippen LogP contribution in [0.5, 0.6) is 0 Å². The second kappa shape index (κ2) is 6.09. The van der Waals surface area contributed by atoms with Gasteiger partial charge in [0.1, 0.15) is 13.1 Å². The Labute approximate surface area is 107 Å². The number of carboxylic acids is 1. The van der Waals surface area contributed by atoms with Gasteiger partial charge in [0, 0.05) is 13.1 Å². The number of morpholine rings is 1. The molecule has 1 saturated heterocycles. The Morgan fingerprint density at radius 3 is 2.58 bits per heavy atom. The molecule has 1 aliphatic rings. The minimum absolute atomic E-state index is 0.146. The van der Waals surface area contributed by atoms with Crippen molar-refractivity contribution in [3.63, 3.8) is 0 Å². The van der Waals surface area contributed by atoms with Crippen molar-refractivity contribution >= 4 is 12.0 Å². The van der Waals surface area contributed by atoms with E-state index < -0.39 is 31.3 Å². The van der Waals surface area contributed by atoms with E-state index >= 15 is 0 Å². The Morgan fingerprint density at radius 2 is 2.11 bits per heavy atom. The average molecular weight is 284 g/mol. The highest BCUT2D eigenvalue weighted by Crippen LogP contribution is 2.18. The van der Waals surface area contributed by atoms with Gasteiger partial charge in [-0.3, -0.25) is 4.79 Å². The number of aliphatic carboxylic acids is 1. The Kier molecular flexibility index (Phi) is 4.98. The molecular weight excluding hydrogens is 269 g/mol. The van der Waals surface area contributed by atoms with Gasteiger partial charge in [-0.2, -0.15) is 13.2 Å². The highest BCUT2D eigenvalue weighted by molar-refractivity contribution is 5.80. The average Bonchev–Trinajstić information content (AvgIpc) is 2.24. The van der Waals surface area contributed by atoms with E-state index in [0.717, 1.165) is 0 Å². The first kappa shape index (κ1) is 15.5. The van der Waals surface area contributed by atoms with E-state index in [4.69, 9.17) is 9.84 Å². The predicted octanol–water partition coefficient (Wildman–Crippen LogP) is 0.776. The van der Waals surface area contributed by atoms with E-state index in [0.29, 0.717) is 0 Å². The minimum Gasteiger partial charge on any atom is -0.480 e. The van der Waals surface area contributed by atoms with Crippen LogP contribution in [0.15, 0.2) is 0 Å². The summed E-state index contributed by atoms with van der Waals surface area (Å²) in [5, 5.41) is 8.58. The predicted molar refractivity (Wildman–Crippen MR) is 57.6 cm³/mol. The molecule has 0 spiro atoms. The van der Waals surface area contributed by atoms with Crippen LogP contribution in [-0.4, -0.2) is 72.0 Å². The number of ether oxygens (including phenoxy) is 1. The van der Waals surface area contributed by atoms with Crippen molar-refractivity contribution in [3.05, 3.63) is 0 Å². The third-order valence-corrected chi connectivity index (χ3v) is 2.48. The molecule has 0 aromatic rings. The maximum atomic E-state index is 12.3. The Hall–Kier alpha value is -1.51. The SMILES string of the molecule is CC1CN(C(=O)N(CC(=O)O)CC(F)(F)F)CCO1. The first-order valence-corrected chi connectivity index (χ1v) is 5.63. The van der Waals surface area contributed by atoms with Crippen molar-refractivity contribution in [2.45, 2.75) is 19.2 Å². The first-order chi connectivity index (χ1) is 8.69. The summed E-state index contributed by atoms with van der Waals surface area (Å²) in [4.78, 5) is 23.9. The molecule has 1 atom stereocenters. The van der Waals surface area contributed by atoms with E-state index in [1.807, 2.05) is 0 Å². The van der Waals surface area contributed by atoms with Crippen molar-refractivity contribution in [1.29, 1.82) is 0 Å². The number of nitrogens with zero attached hydrogens (tertiary/aromatic N) is 2. The van der Waals surface area contributed by atoms with Gasteiger partial charge < -0.3 is 19.6 Å². The number of carboxylic acid groups (broad SMARTS) is 1. The molecule has 2 amide bonds. The zero-order valence-corrected chi connectivity index (χ0v) is 10.3. The highest BCUT2D eigenvalue weighted by Gasteiger charge is 2.36. The highest BCUT2D eigenvalue weighted by atomic mass is 19.4. The van der Waals surface area contributed by atoms with Gasteiger partial charge in [0.2, 0.25) is 0 Å². The number of carbonyl (C=O) groups is 2. The van der Waals surface area contributed by atoms with E-state index in [2.05, 4.69) is 0 Å². The van der Waals surface area contributed by atoms with Gasteiger partial charge in [-0.1, -0.05) is 0 Å². The van der Waals surface area contributed by atoms with E-state index in [1.165, 1.54) is 4.90 Å². The van der Waals surface area contributed by atoms with Gasteiger partial charge in [0.25, 0.3) is 0 Å². The summed E-state index contributed by atoms with van der Waals surface area (Å²) in [7, 11) is 0. The number of rotatable bonds is 3. The molecule has 0 saturated carbocycles. The van der Waals surface area contributed by atoms with Gasteiger partial charge in [-0.25, -0.2) is 4.79 Å². The van der Waals surface area contributed by atoms with Crippen molar-refractivity contribution in [3.8, 4) is 0 Å². The standard InChI is InChI=1S/C10H15F3N2O4/c1-7-4-14(2-3-19-7)9(18)15(5-8(16)17)6-10(11,12)13/h7H,2-6H2,1H3,(H,16,17). The van der Waals surface area contributed by atoms with Crippen LogP contribution in [0.1, 0.15) is 6.92 Å². The van der Waals surface area contributed by atoms with Gasteiger partial charge in [0.05, 0.1) is 12.7 Å². The van der Waals surface area contributed by atoms with Crippen LogP contribution in [0.2, 0.25) is 0 Å². The van der Waals surface area contributed by atoms with E-state index in [-0.39, 0.29) is 30.7 Å². The normalized spacial score (nSPS) is 20.2. The molecule has 1 N–H and O–H groups in total. The van der Waals surface area contributed by atoms with Gasteiger partial charge in [-0.15, -0.1) is 0 Å². The van der Waals surface area contributed by atoms with Crippen LogP contribution in [-0.2, 0) is 9.53 Å². The zero-order valence-electron chi connectivity index (χ0n) is 10.3. The number of hydrogen-bond acceptors (Lipinski definition) is 3. The summed E-state index contributed by atoms with van der Waals surface area (Å²) in [5.41, 5.74) is 0. The maximum absolute atomic E-state index is 12.3. The fourth-order valence-corrected chi connectivity index (χ4v) is 1.76. The molecule has 0 bridgehead atoms. The van der Waals surface area contributed by atoms with Crippen LogP contribution in [0.25, 0.3) is 0 Å². The van der Waals surface area contributed by atoms with E-state index in [9.17, 15) is 22.8 Å². The van der Waals surface area contributed by atoms with Crippen LogP contribution < -0.4 is 0 Å². The number of amides is 2. The van der Waals surface area contributed by atoms with Crippen LogP contribution in [0.4, 0.5) is 18.0 Å². The van der Waals surface area contributed by atoms with Crippen molar-refractivity contribution in [2.75, 3.05) is 32.8 Å². The van der Waals surface area contributed by atoms with Crippen molar-refractivity contribution in [2.24, 2.45) is 0 Å². The molecule has 0 aliphatic carbocycles. The summed E-state index contributed by atoms with van der Waals surface area (Å²) in [6.45, 7) is -0.359. The Bertz CT molecular complexity index is 348. The molecule has 6 nitrogen and oxygen atoms in total. The van der Waals surface area contributed by atoms with Gasteiger partial charge in [0.15, 0.2) is 0 Å². The summed E-state index contributed by atoms with van der Waals surface area (Å²) < 4.78 is 42.2. The summed E-state index contributed by atoms with van der Waals surface area (Å²) >= 11 is 0. The Balaban J connectivity index is 2.72. The number of hydrogen-bond donors (Lipinski definition) is 1. The lowest BCUT2D eigenvalue weighted by Crippen LogP contribution is -2.53. The molecule has 0 radical (unpaired) electrons. The third kappa shape index (κ3) is 5.33. The fourth-order valence-electron chi connectivity index (χ4n) is 1.76. The molecule has 1 aliphatic heterocycles. The fraction of sp³-hybridized carbons (Fsp3) is 0.800. The van der Waals surface area contributed by atoms with E-state index in [1.54, 1.807) is 6.92 Å². The molecule has 1 unspecified atom stereocenters. The lowest BCUT2D eigenvalue weighted by atomic mass is 10.3. The zero-order chi connectivity index (χ0) is 14.6. The maximum Gasteiger partial charge on any atom is 0.406 e.